The molecule has 2 atom stereocenters. The van der Waals surface area contributed by atoms with Crippen LogP contribution in [-0.4, -0.2) is 5.78 Å². The van der Waals surface area contributed by atoms with Crippen LogP contribution in [0, 0.1) is 0 Å². The molecule has 150 valence electrons. The van der Waals surface area contributed by atoms with E-state index in [0.717, 1.165) is 34.6 Å². The predicted molar refractivity (Wildman–Crippen MR) is 123 cm³/mol. The summed E-state index contributed by atoms with van der Waals surface area (Å²) >= 11 is 12.9. The van der Waals surface area contributed by atoms with Gasteiger partial charge in [-0.05, 0) is 41.7 Å². The average Bonchev–Trinajstić information content (AvgIpc) is 2.93. The molecule has 3 aromatic carbocycles. The van der Waals surface area contributed by atoms with Gasteiger partial charge in [0.15, 0.2) is 5.78 Å². The highest BCUT2D eigenvalue weighted by molar-refractivity contribution is 6.42. The van der Waals surface area contributed by atoms with Gasteiger partial charge in [0.1, 0.15) is 0 Å². The minimum Gasteiger partial charge on any atom is -0.372 e. The molecule has 1 aliphatic carbocycles. The first kappa shape index (κ1) is 19.2. The van der Waals surface area contributed by atoms with E-state index < -0.39 is 0 Å². The lowest BCUT2D eigenvalue weighted by Crippen LogP contribution is -2.27. The maximum absolute atomic E-state index is 13.5. The number of hydrogen-bond acceptors (Lipinski definition) is 3. The van der Waals surface area contributed by atoms with Crippen LogP contribution in [0.2, 0.25) is 10.0 Å². The van der Waals surface area contributed by atoms with Crippen molar-refractivity contribution in [2.24, 2.45) is 0 Å². The predicted octanol–water partition coefficient (Wildman–Crippen LogP) is 6.97. The normalized spacial score (nSPS) is 20.5. The molecule has 3 nitrogen and oxygen atoms in total. The third-order valence-electron chi connectivity index (χ3n) is 5.87. The molecule has 0 spiro atoms. The van der Waals surface area contributed by atoms with Crippen LogP contribution in [0.4, 0.5) is 11.4 Å². The van der Waals surface area contributed by atoms with Crippen LogP contribution in [0.1, 0.15) is 35.9 Å². The molecule has 30 heavy (non-hydrogen) atoms. The van der Waals surface area contributed by atoms with Crippen LogP contribution in [0.25, 0.3) is 0 Å². The Kier molecular flexibility index (Phi) is 5.01. The lowest BCUT2D eigenvalue weighted by atomic mass is 9.78. The number of fused-ring (bicyclic) bond motifs is 1. The van der Waals surface area contributed by atoms with Crippen molar-refractivity contribution in [3.05, 3.63) is 105 Å². The molecule has 0 unspecified atom stereocenters. The molecular formula is C25H20Cl2N2O. The minimum atomic E-state index is -0.369. The maximum atomic E-state index is 13.5. The number of anilines is 2. The van der Waals surface area contributed by atoms with Crippen molar-refractivity contribution < 1.29 is 4.79 Å². The Morgan fingerprint density at radius 1 is 0.800 bits per heavy atom. The van der Waals surface area contributed by atoms with Crippen molar-refractivity contribution >= 4 is 40.4 Å². The Labute approximate surface area is 185 Å². The highest BCUT2D eigenvalue weighted by Gasteiger charge is 2.36. The summed E-state index contributed by atoms with van der Waals surface area (Å²) in [5.41, 5.74) is 5.55. The van der Waals surface area contributed by atoms with E-state index in [-0.39, 0.29) is 17.7 Å². The van der Waals surface area contributed by atoms with Gasteiger partial charge in [0.2, 0.25) is 0 Å². The molecule has 3 aromatic rings. The molecule has 5 rings (SSSR count). The van der Waals surface area contributed by atoms with E-state index in [1.165, 1.54) is 5.56 Å². The van der Waals surface area contributed by atoms with E-state index in [1.54, 1.807) is 6.07 Å². The van der Waals surface area contributed by atoms with Gasteiger partial charge in [-0.2, -0.15) is 0 Å². The van der Waals surface area contributed by atoms with Crippen molar-refractivity contribution in [3.63, 3.8) is 0 Å². The summed E-state index contributed by atoms with van der Waals surface area (Å²) in [4.78, 5) is 13.5. The van der Waals surface area contributed by atoms with E-state index in [1.807, 2.05) is 54.6 Å². The molecule has 2 N–H and O–H groups in total. The van der Waals surface area contributed by atoms with Crippen LogP contribution in [0.3, 0.4) is 0 Å². The second-order valence-corrected chi connectivity index (χ2v) is 8.51. The number of allylic oxidation sites excluding steroid dienone is 1. The summed E-state index contributed by atoms with van der Waals surface area (Å²) in [6, 6.07) is 23.4. The largest absolute Gasteiger partial charge is 0.372 e. The molecule has 0 radical (unpaired) electrons. The van der Waals surface area contributed by atoms with Gasteiger partial charge in [0.25, 0.3) is 0 Å². The zero-order chi connectivity index (χ0) is 20.7. The number of nitrogens with one attached hydrogen (secondary N) is 2. The van der Waals surface area contributed by atoms with Gasteiger partial charge >= 0.3 is 0 Å². The monoisotopic (exact) mass is 434 g/mol. The molecule has 0 amide bonds. The number of hydrogen-bond donors (Lipinski definition) is 2. The second-order valence-electron chi connectivity index (χ2n) is 7.72. The summed E-state index contributed by atoms with van der Waals surface area (Å²) in [6.07, 6.45) is 1.23. The minimum absolute atomic E-state index is 0.124. The van der Waals surface area contributed by atoms with Crippen molar-refractivity contribution in [2.75, 3.05) is 10.6 Å². The SMILES string of the molecule is O=C1C[C@H](c2ccccc2)CC2=C1[C@@H](c1cccc(Cl)c1Cl)Nc1ccccc1N2. The summed E-state index contributed by atoms with van der Waals surface area (Å²) in [6.45, 7) is 0. The summed E-state index contributed by atoms with van der Waals surface area (Å²) in [7, 11) is 0. The standard InChI is InChI=1S/C25H20Cl2N2O/c26-18-10-6-9-17(24(18)27)25-23-21(28-19-11-4-5-12-20(19)29-25)13-16(14-22(23)30)15-7-2-1-3-8-15/h1-12,16,25,28-29H,13-14H2/t16-,25-/m1/s1. The van der Waals surface area contributed by atoms with Crippen LogP contribution >= 0.6 is 23.2 Å². The quantitative estimate of drug-likeness (QED) is 0.457. The summed E-state index contributed by atoms with van der Waals surface area (Å²) in [5.74, 6) is 0.268. The molecule has 0 fully saturated rings. The molecule has 2 aliphatic rings. The number of carbonyl (C=O) groups is 1. The van der Waals surface area contributed by atoms with E-state index in [4.69, 9.17) is 23.2 Å². The van der Waals surface area contributed by atoms with Crippen molar-refractivity contribution in [1.82, 2.24) is 0 Å². The van der Waals surface area contributed by atoms with E-state index >= 15 is 0 Å². The topological polar surface area (TPSA) is 41.1 Å². The second kappa shape index (κ2) is 7.82. The first-order chi connectivity index (χ1) is 14.6. The summed E-state index contributed by atoms with van der Waals surface area (Å²) < 4.78 is 0. The third-order valence-corrected chi connectivity index (χ3v) is 6.71. The van der Waals surface area contributed by atoms with Crippen molar-refractivity contribution in [1.29, 1.82) is 0 Å². The highest BCUT2D eigenvalue weighted by Crippen LogP contribution is 2.46. The number of carbonyl (C=O) groups excluding carboxylic acids is 1. The van der Waals surface area contributed by atoms with Gasteiger partial charge in [-0.25, -0.2) is 0 Å². The van der Waals surface area contributed by atoms with Crippen LogP contribution < -0.4 is 10.6 Å². The van der Waals surface area contributed by atoms with E-state index in [0.29, 0.717) is 16.5 Å². The number of ketones is 1. The third kappa shape index (κ3) is 3.38. The lowest BCUT2D eigenvalue weighted by Gasteiger charge is -2.30. The van der Waals surface area contributed by atoms with Gasteiger partial charge in [0.05, 0.1) is 27.5 Å². The van der Waals surface area contributed by atoms with Gasteiger partial charge in [-0.15, -0.1) is 0 Å². The Morgan fingerprint density at radius 2 is 1.53 bits per heavy atom. The Morgan fingerprint density at radius 3 is 2.33 bits per heavy atom. The van der Waals surface area contributed by atoms with Crippen LogP contribution in [0.15, 0.2) is 84.1 Å². The molecule has 0 aromatic heterocycles. The molecule has 5 heteroatoms. The number of para-hydroxylation sites is 2. The number of halogens is 2. The lowest BCUT2D eigenvalue weighted by molar-refractivity contribution is -0.116. The number of rotatable bonds is 2. The van der Waals surface area contributed by atoms with Gasteiger partial charge in [-0.1, -0.05) is 77.8 Å². The van der Waals surface area contributed by atoms with Crippen molar-refractivity contribution in [2.45, 2.75) is 24.8 Å². The fourth-order valence-corrected chi connectivity index (χ4v) is 4.85. The fourth-order valence-electron chi connectivity index (χ4n) is 4.43. The van der Waals surface area contributed by atoms with E-state index in [2.05, 4.69) is 22.8 Å². The maximum Gasteiger partial charge on any atom is 0.163 e. The Hall–Kier alpha value is -2.75. The number of benzene rings is 3. The first-order valence-electron chi connectivity index (χ1n) is 9.99. The van der Waals surface area contributed by atoms with Gasteiger partial charge in [0, 0.05) is 17.7 Å². The zero-order valence-corrected chi connectivity index (χ0v) is 17.7. The van der Waals surface area contributed by atoms with Gasteiger partial charge in [-0.3, -0.25) is 4.79 Å². The highest BCUT2D eigenvalue weighted by atomic mass is 35.5. The van der Waals surface area contributed by atoms with Crippen LogP contribution in [-0.2, 0) is 4.79 Å². The number of Topliss-reactive ketones (excluding diaryl/α,β-unsaturated/α-hetero) is 1. The fraction of sp³-hybridized carbons (Fsp3) is 0.160. The van der Waals surface area contributed by atoms with Gasteiger partial charge < -0.3 is 10.6 Å². The molecular weight excluding hydrogens is 415 g/mol. The molecule has 1 aliphatic heterocycles. The summed E-state index contributed by atoms with van der Waals surface area (Å²) in [5, 5.41) is 8.04. The Balaban J connectivity index is 1.65. The molecule has 0 saturated carbocycles. The molecule has 0 saturated heterocycles. The van der Waals surface area contributed by atoms with E-state index in [9.17, 15) is 4.79 Å². The molecule has 1 heterocycles. The molecule has 0 bridgehead atoms. The zero-order valence-electron chi connectivity index (χ0n) is 16.2. The smallest absolute Gasteiger partial charge is 0.163 e. The van der Waals surface area contributed by atoms with Crippen LogP contribution in [0.5, 0.6) is 0 Å². The average molecular weight is 435 g/mol. The first-order valence-corrected chi connectivity index (χ1v) is 10.7. The Bertz CT molecular complexity index is 1160. The van der Waals surface area contributed by atoms with Crippen molar-refractivity contribution in [3.8, 4) is 0 Å².